The number of hydrogen-bond acceptors (Lipinski definition) is 5. The van der Waals surface area contributed by atoms with Crippen molar-refractivity contribution in [3.05, 3.63) is 33.8 Å². The molecule has 7 nitrogen and oxygen atoms in total. The predicted octanol–water partition coefficient (Wildman–Crippen LogP) is 3.90. The summed E-state index contributed by atoms with van der Waals surface area (Å²) in [5.74, 6) is -2.80. The highest BCUT2D eigenvalue weighted by atomic mass is 35.5. The molecule has 0 saturated heterocycles. The molecule has 27 heavy (non-hydrogen) atoms. The molecule has 0 unspecified atom stereocenters. The molecule has 1 aromatic rings. The Hall–Kier alpha value is -1.99. The van der Waals surface area contributed by atoms with Gasteiger partial charge in [-0.2, -0.15) is 0 Å². The lowest BCUT2D eigenvalue weighted by atomic mass is 9.99. The van der Waals surface area contributed by atoms with Crippen LogP contribution in [0, 0.1) is 11.8 Å². The summed E-state index contributed by atoms with van der Waals surface area (Å²) in [6.07, 6.45) is -1.70. The number of carbonyl (C=O) groups excluding carboxylic acids is 2. The molecular formula is C18H23Cl2NO6. The summed E-state index contributed by atoms with van der Waals surface area (Å²) < 4.78 is 10.1. The van der Waals surface area contributed by atoms with Crippen molar-refractivity contribution >= 4 is 41.2 Å². The van der Waals surface area contributed by atoms with Gasteiger partial charge in [0, 0.05) is 28.9 Å². The van der Waals surface area contributed by atoms with Crippen molar-refractivity contribution in [3.8, 4) is 0 Å². The number of carbonyl (C=O) groups is 3. The Morgan fingerprint density at radius 1 is 1.19 bits per heavy atom. The Balaban J connectivity index is 2.67. The van der Waals surface area contributed by atoms with Gasteiger partial charge in [0.25, 0.3) is 6.29 Å². The lowest BCUT2D eigenvalue weighted by Crippen LogP contribution is -2.38. The lowest BCUT2D eigenvalue weighted by Gasteiger charge is -2.22. The fourth-order valence-electron chi connectivity index (χ4n) is 2.07. The summed E-state index contributed by atoms with van der Waals surface area (Å²) >= 11 is 12.0. The normalized spacial score (nSPS) is 13.0. The van der Waals surface area contributed by atoms with Gasteiger partial charge in [-0.15, -0.1) is 0 Å². The van der Waals surface area contributed by atoms with Crippen LogP contribution in [-0.4, -0.2) is 36.0 Å². The zero-order valence-corrected chi connectivity index (χ0v) is 16.8. The molecule has 0 spiro atoms. The van der Waals surface area contributed by atoms with Crippen LogP contribution in [0.1, 0.15) is 32.8 Å². The molecule has 0 bridgehead atoms. The van der Waals surface area contributed by atoms with Gasteiger partial charge < -0.3 is 19.9 Å². The van der Waals surface area contributed by atoms with E-state index >= 15 is 0 Å². The van der Waals surface area contributed by atoms with Crippen LogP contribution in [0.3, 0.4) is 0 Å². The maximum atomic E-state index is 12.0. The van der Waals surface area contributed by atoms with E-state index in [9.17, 15) is 19.5 Å². The van der Waals surface area contributed by atoms with Crippen molar-refractivity contribution in [2.24, 2.45) is 11.8 Å². The molecule has 9 heteroatoms. The van der Waals surface area contributed by atoms with Gasteiger partial charge in [0.1, 0.15) is 0 Å². The van der Waals surface area contributed by atoms with E-state index in [2.05, 4.69) is 5.32 Å². The van der Waals surface area contributed by atoms with Crippen LogP contribution >= 0.6 is 23.2 Å². The number of hydrogen-bond donors (Lipinski definition) is 2. The van der Waals surface area contributed by atoms with Gasteiger partial charge in [0.05, 0.1) is 5.92 Å². The summed E-state index contributed by atoms with van der Waals surface area (Å²) in [6, 6.07) is 4.76. The van der Waals surface area contributed by atoms with Crippen LogP contribution in [0.5, 0.6) is 0 Å². The first-order valence-electron chi connectivity index (χ1n) is 8.44. The van der Waals surface area contributed by atoms with E-state index in [1.807, 2.05) is 0 Å². The third-order valence-corrected chi connectivity index (χ3v) is 4.22. The van der Waals surface area contributed by atoms with Crippen molar-refractivity contribution in [3.63, 3.8) is 0 Å². The van der Waals surface area contributed by atoms with Crippen molar-refractivity contribution in [2.75, 3.05) is 6.54 Å². The van der Waals surface area contributed by atoms with Gasteiger partial charge in [-0.1, -0.05) is 44.0 Å². The van der Waals surface area contributed by atoms with Crippen molar-refractivity contribution in [1.29, 1.82) is 0 Å². The minimum Gasteiger partial charge on any atom is -0.481 e. The first-order valence-corrected chi connectivity index (χ1v) is 9.20. The zero-order valence-electron chi connectivity index (χ0n) is 15.3. The fourth-order valence-corrected chi connectivity index (χ4v) is 2.46. The Bertz CT molecular complexity index is 680. The molecule has 0 aliphatic heterocycles. The number of aliphatic carboxylic acids is 1. The minimum atomic E-state index is -1.11. The fraction of sp³-hybridized carbons (Fsp3) is 0.500. The third kappa shape index (κ3) is 8.05. The van der Waals surface area contributed by atoms with Gasteiger partial charge in [0.2, 0.25) is 0 Å². The molecule has 1 amide bonds. The lowest BCUT2D eigenvalue weighted by molar-refractivity contribution is -0.174. The minimum absolute atomic E-state index is 0.0768. The molecule has 0 saturated carbocycles. The second-order valence-electron chi connectivity index (χ2n) is 6.22. The number of nitrogens with one attached hydrogen (secondary N) is 1. The van der Waals surface area contributed by atoms with Crippen LogP contribution in [0.25, 0.3) is 0 Å². The van der Waals surface area contributed by atoms with Gasteiger partial charge in [-0.3, -0.25) is 9.59 Å². The molecule has 0 heterocycles. The SMILES string of the molecule is CCC(=O)O[C@@H](OC(=O)NC[C@H](Cc1cc(Cl)ccc1Cl)C(=O)O)C(C)C. The molecule has 0 aliphatic carbocycles. The Kier molecular flexibility index (Phi) is 9.38. The van der Waals surface area contributed by atoms with Crippen LogP contribution in [0.2, 0.25) is 10.0 Å². The Labute approximate surface area is 167 Å². The molecule has 2 N–H and O–H groups in total. The smallest absolute Gasteiger partial charge is 0.410 e. The van der Waals surface area contributed by atoms with Crippen LogP contribution < -0.4 is 5.32 Å². The average molecular weight is 420 g/mol. The van der Waals surface area contributed by atoms with E-state index in [0.29, 0.717) is 15.6 Å². The van der Waals surface area contributed by atoms with Crippen LogP contribution in [0.15, 0.2) is 18.2 Å². The number of carboxylic acid groups (broad SMARTS) is 1. The van der Waals surface area contributed by atoms with Crippen molar-refractivity contribution in [2.45, 2.75) is 39.9 Å². The number of benzene rings is 1. The summed E-state index contributed by atoms with van der Waals surface area (Å²) in [6.45, 7) is 4.88. The number of alkyl carbamates (subject to hydrolysis) is 1. The summed E-state index contributed by atoms with van der Waals surface area (Å²) in [5.41, 5.74) is 0.559. The Morgan fingerprint density at radius 3 is 2.41 bits per heavy atom. The number of halogens is 2. The van der Waals surface area contributed by atoms with Gasteiger partial charge in [-0.05, 0) is 30.2 Å². The number of carboxylic acids is 1. The number of ether oxygens (including phenoxy) is 2. The quantitative estimate of drug-likeness (QED) is 0.464. The molecule has 0 aliphatic rings. The number of esters is 1. The highest BCUT2D eigenvalue weighted by Gasteiger charge is 2.24. The van der Waals surface area contributed by atoms with E-state index in [4.69, 9.17) is 32.7 Å². The maximum Gasteiger partial charge on any atom is 0.410 e. The Morgan fingerprint density at radius 2 is 1.85 bits per heavy atom. The summed E-state index contributed by atoms with van der Waals surface area (Å²) in [7, 11) is 0. The summed E-state index contributed by atoms with van der Waals surface area (Å²) in [4.78, 5) is 34.8. The molecular weight excluding hydrogens is 397 g/mol. The molecule has 150 valence electrons. The zero-order chi connectivity index (χ0) is 20.6. The van der Waals surface area contributed by atoms with Gasteiger partial charge in [-0.25, -0.2) is 4.79 Å². The first kappa shape index (κ1) is 23.0. The number of amides is 1. The molecule has 2 atom stereocenters. The monoisotopic (exact) mass is 419 g/mol. The largest absolute Gasteiger partial charge is 0.481 e. The maximum absolute atomic E-state index is 12.0. The third-order valence-electron chi connectivity index (χ3n) is 3.62. The van der Waals surface area contributed by atoms with E-state index < -0.39 is 30.2 Å². The second-order valence-corrected chi connectivity index (χ2v) is 7.06. The van der Waals surface area contributed by atoms with Gasteiger partial charge >= 0.3 is 18.0 Å². The van der Waals surface area contributed by atoms with E-state index in [1.54, 1.807) is 39.0 Å². The van der Waals surface area contributed by atoms with Crippen molar-refractivity contribution < 1.29 is 29.0 Å². The summed E-state index contributed by atoms with van der Waals surface area (Å²) in [5, 5.41) is 12.6. The predicted molar refractivity (Wildman–Crippen MR) is 101 cm³/mol. The molecule has 1 aromatic carbocycles. The van der Waals surface area contributed by atoms with Crippen LogP contribution in [0.4, 0.5) is 4.79 Å². The number of rotatable bonds is 9. The molecule has 0 aromatic heterocycles. The van der Waals surface area contributed by atoms with E-state index in [1.165, 1.54) is 0 Å². The standard InChI is InChI=1S/C18H23Cl2NO6/c1-4-15(22)26-17(10(2)3)27-18(25)21-9-12(16(23)24)7-11-8-13(19)5-6-14(11)20/h5-6,8,10,12,17H,4,7,9H2,1-3H3,(H,21,25)(H,23,24)/t12-,17-/m0/s1. The second kappa shape index (κ2) is 11.0. The molecule has 0 fully saturated rings. The van der Waals surface area contributed by atoms with Crippen molar-refractivity contribution in [1.82, 2.24) is 5.32 Å². The molecule has 0 radical (unpaired) electrons. The van der Waals surface area contributed by atoms with E-state index in [-0.39, 0.29) is 25.3 Å². The highest BCUT2D eigenvalue weighted by molar-refractivity contribution is 6.33. The highest BCUT2D eigenvalue weighted by Crippen LogP contribution is 2.23. The van der Waals surface area contributed by atoms with E-state index in [0.717, 1.165) is 0 Å². The van der Waals surface area contributed by atoms with Crippen LogP contribution in [-0.2, 0) is 25.5 Å². The molecule has 1 rings (SSSR count). The topological polar surface area (TPSA) is 102 Å². The average Bonchev–Trinajstić information content (AvgIpc) is 2.60. The van der Waals surface area contributed by atoms with Gasteiger partial charge in [0.15, 0.2) is 0 Å². The first-order chi connectivity index (χ1) is 12.6.